The van der Waals surface area contributed by atoms with Gasteiger partial charge in [-0.25, -0.2) is 12.7 Å². The van der Waals surface area contributed by atoms with Gasteiger partial charge in [-0.1, -0.05) is 30.9 Å². The fourth-order valence-electron chi connectivity index (χ4n) is 5.75. The maximum atomic E-state index is 14.8. The van der Waals surface area contributed by atoms with E-state index in [1.807, 2.05) is 0 Å². The van der Waals surface area contributed by atoms with E-state index in [1.54, 1.807) is 18.2 Å². The maximum absolute atomic E-state index is 14.8. The minimum atomic E-state index is -4.60. The lowest BCUT2D eigenvalue weighted by atomic mass is 9.79. The summed E-state index contributed by atoms with van der Waals surface area (Å²) in [6.45, 7) is 1.09. The third-order valence-electron chi connectivity index (χ3n) is 8.49. The summed E-state index contributed by atoms with van der Waals surface area (Å²) in [6.07, 6.45) is -0.839. The van der Waals surface area contributed by atoms with Crippen molar-refractivity contribution in [3.05, 3.63) is 47.0 Å². The highest BCUT2D eigenvalue weighted by Crippen LogP contribution is 2.59. The Kier molecular flexibility index (Phi) is 6.39. The molecule has 1 saturated carbocycles. The van der Waals surface area contributed by atoms with Crippen LogP contribution in [0.25, 0.3) is 11.3 Å². The number of anilines is 2. The summed E-state index contributed by atoms with van der Waals surface area (Å²) in [6, 6.07) is 8.29. The number of carbonyl (C=O) groups excluding carboxylic acids is 1. The third kappa shape index (κ3) is 5.70. The minimum absolute atomic E-state index is 0.0224. The maximum Gasteiger partial charge on any atom is 0.274 e. The van der Waals surface area contributed by atoms with Gasteiger partial charge in [0.25, 0.3) is 15.9 Å². The Morgan fingerprint density at radius 2 is 1.84 bits per heavy atom. The number of amides is 1. The molecule has 3 aromatic rings. The van der Waals surface area contributed by atoms with E-state index in [4.69, 9.17) is 27.0 Å². The van der Waals surface area contributed by atoms with E-state index in [-0.39, 0.29) is 51.2 Å². The Labute approximate surface area is 274 Å². The van der Waals surface area contributed by atoms with E-state index in [0.29, 0.717) is 17.5 Å². The summed E-state index contributed by atoms with van der Waals surface area (Å²) in [7, 11) is -2.14. The van der Waals surface area contributed by atoms with Crippen LogP contribution in [0.4, 0.5) is 11.5 Å². The highest BCUT2D eigenvalue weighted by Gasteiger charge is 2.51. The molecule has 2 fully saturated rings. The van der Waals surface area contributed by atoms with E-state index in [0.717, 1.165) is 33.7 Å². The average molecular weight is 661 g/mol. The number of sulfonamides is 1. The average Bonchev–Trinajstić information content (AvgIpc) is 3.71. The first-order valence-corrected chi connectivity index (χ1v) is 19.9. The number of methoxy groups -OCH3 is 2. The number of rotatable bonds is 12. The van der Waals surface area contributed by atoms with Gasteiger partial charge in [0.05, 0.1) is 14.2 Å². The number of aromatic nitrogens is 1. The summed E-state index contributed by atoms with van der Waals surface area (Å²) in [4.78, 5) is 13.0. The van der Waals surface area contributed by atoms with Crippen LogP contribution in [0.1, 0.15) is 48.9 Å². The minimum Gasteiger partial charge on any atom is -0.495 e. The largest absolute Gasteiger partial charge is 0.495 e. The topological polar surface area (TPSA) is 123 Å². The molecule has 0 unspecified atom stereocenters. The Morgan fingerprint density at radius 1 is 1.16 bits per heavy atom. The number of fused-ring (bicyclic) bond motifs is 4. The van der Waals surface area contributed by atoms with Crippen LogP contribution < -0.4 is 24.0 Å². The van der Waals surface area contributed by atoms with E-state index in [1.165, 1.54) is 33.4 Å². The molecule has 11 nitrogen and oxygen atoms in total. The van der Waals surface area contributed by atoms with Crippen LogP contribution in [-0.2, 0) is 26.6 Å². The molecule has 1 saturated heterocycles. The summed E-state index contributed by atoms with van der Waals surface area (Å²) in [5.74, 6) is -0.532. The van der Waals surface area contributed by atoms with Crippen molar-refractivity contribution >= 4 is 35.5 Å². The lowest BCUT2D eigenvalue weighted by Crippen LogP contribution is -2.37. The molecule has 1 N–H and O–H groups in total. The van der Waals surface area contributed by atoms with Crippen molar-refractivity contribution in [3.8, 4) is 22.8 Å². The zero-order valence-electron chi connectivity index (χ0n) is 32.2. The molecule has 13 heteroatoms. The zero-order valence-corrected chi connectivity index (χ0v) is 28.1. The molecule has 0 bridgehead atoms. The van der Waals surface area contributed by atoms with E-state index in [2.05, 4.69) is 30.1 Å². The Balaban J connectivity index is 1.49. The van der Waals surface area contributed by atoms with Crippen molar-refractivity contribution in [1.29, 1.82) is 0 Å². The van der Waals surface area contributed by atoms with E-state index in [9.17, 15) is 13.2 Å². The first-order chi connectivity index (χ1) is 23.7. The molecule has 2 aromatic carbocycles. The Bertz CT molecular complexity index is 1960. The van der Waals surface area contributed by atoms with Crippen molar-refractivity contribution in [3.63, 3.8) is 0 Å². The van der Waals surface area contributed by atoms with Crippen molar-refractivity contribution in [2.75, 3.05) is 56.8 Å². The first-order valence-electron chi connectivity index (χ1n) is 17.7. The SMILES string of the molecule is [2H]C1([2H])N(c2ccc3c(c2)-c2onc(N(COCC[Si](C)(C)C)S(=O)(=O)c4c(OC)cc(C(=O)NC)cc4OC)c2CC32CC2)C([2H])([2H])C1([2H])[2H]. The standard InChI is InChI=1S/C32H42N4O7SSi/c1-33-31(37)21-16-26(40-2)29(27(17-21)41-3)44(38,39)36(20-42-14-15-45(4,5)6)30-24-19-32(10-11-32)25-9-8-22(35-12-7-13-35)18-23(25)28(24)43-34-30/h8-9,16-18H,7,10-15,19-20H2,1-6H3,(H,33,37)/i7D2,12D2,13D2. The van der Waals surface area contributed by atoms with Crippen LogP contribution in [0.3, 0.4) is 0 Å². The van der Waals surface area contributed by atoms with Crippen molar-refractivity contribution < 1.29 is 40.2 Å². The van der Waals surface area contributed by atoms with Crippen molar-refractivity contribution in [1.82, 2.24) is 10.5 Å². The summed E-state index contributed by atoms with van der Waals surface area (Å²) in [5, 5.41) is 6.81. The number of nitrogens with one attached hydrogen (secondary N) is 1. The van der Waals surface area contributed by atoms with Gasteiger partial charge < -0.3 is 29.0 Å². The number of hydrogen-bond donors (Lipinski definition) is 1. The molecule has 1 aliphatic heterocycles. The van der Waals surface area contributed by atoms with Crippen LogP contribution in [0, 0.1) is 0 Å². The van der Waals surface area contributed by atoms with Gasteiger partial charge in [0.15, 0.2) is 16.5 Å². The Morgan fingerprint density at radius 3 is 2.44 bits per heavy atom. The fraction of sp³-hybridized carbons (Fsp3) is 0.500. The normalized spacial score (nSPS) is 21.8. The summed E-state index contributed by atoms with van der Waals surface area (Å²) < 4.78 is 103. The molecule has 0 radical (unpaired) electrons. The first kappa shape index (κ1) is 24.7. The van der Waals surface area contributed by atoms with Crippen molar-refractivity contribution in [2.45, 2.75) is 61.6 Å². The number of hydrogen-bond acceptors (Lipinski definition) is 9. The smallest absolute Gasteiger partial charge is 0.274 e. The molecular weight excluding hydrogens is 613 g/mol. The molecule has 6 rings (SSSR count). The highest BCUT2D eigenvalue weighted by atomic mass is 32.2. The molecule has 2 aliphatic carbocycles. The monoisotopic (exact) mass is 660 g/mol. The third-order valence-corrected chi connectivity index (χ3v) is 12.0. The molecule has 1 aromatic heterocycles. The second-order valence-corrected chi connectivity index (χ2v) is 20.1. The van der Waals surface area contributed by atoms with Crippen LogP contribution in [-0.4, -0.2) is 75.2 Å². The lowest BCUT2D eigenvalue weighted by Gasteiger charge is -2.34. The second-order valence-electron chi connectivity index (χ2n) is 12.7. The summed E-state index contributed by atoms with van der Waals surface area (Å²) in [5.41, 5.74) is 1.67. The van der Waals surface area contributed by atoms with Gasteiger partial charge in [0, 0.05) is 70.7 Å². The molecule has 242 valence electrons. The van der Waals surface area contributed by atoms with Crippen LogP contribution in [0.15, 0.2) is 39.8 Å². The van der Waals surface area contributed by atoms with Gasteiger partial charge >= 0.3 is 0 Å². The summed E-state index contributed by atoms with van der Waals surface area (Å²) >= 11 is 0. The predicted octanol–water partition coefficient (Wildman–Crippen LogP) is 5.02. The molecule has 3 aliphatic rings. The fourth-order valence-corrected chi connectivity index (χ4v) is 8.11. The molecule has 2 heterocycles. The highest BCUT2D eigenvalue weighted by molar-refractivity contribution is 7.93. The molecule has 45 heavy (non-hydrogen) atoms. The van der Waals surface area contributed by atoms with Crippen LogP contribution in [0.2, 0.25) is 25.7 Å². The van der Waals surface area contributed by atoms with Gasteiger partial charge in [0.1, 0.15) is 18.2 Å². The number of benzene rings is 2. The zero-order chi connectivity index (χ0) is 37.5. The molecule has 1 amide bonds. The second kappa shape index (κ2) is 11.7. The lowest BCUT2D eigenvalue weighted by molar-refractivity contribution is 0.0962. The van der Waals surface area contributed by atoms with Gasteiger partial charge in [-0.3, -0.25) is 4.79 Å². The van der Waals surface area contributed by atoms with Crippen LogP contribution in [0.5, 0.6) is 11.5 Å². The van der Waals surface area contributed by atoms with E-state index >= 15 is 0 Å². The number of nitrogens with zero attached hydrogens (tertiary/aromatic N) is 3. The van der Waals surface area contributed by atoms with Gasteiger partial charge in [-0.05, 0) is 61.5 Å². The molecule has 0 atom stereocenters. The van der Waals surface area contributed by atoms with E-state index < -0.39 is 50.1 Å². The molecular formula is C32H42N4O7SSi. The quantitative estimate of drug-likeness (QED) is 0.162. The molecule has 1 spiro atoms. The van der Waals surface area contributed by atoms with Crippen LogP contribution >= 0.6 is 0 Å². The predicted molar refractivity (Wildman–Crippen MR) is 175 cm³/mol. The van der Waals surface area contributed by atoms with Gasteiger partial charge in [0.2, 0.25) is 0 Å². The number of carbonyl (C=O) groups is 1. The van der Waals surface area contributed by atoms with Gasteiger partial charge in [-0.2, -0.15) is 0 Å². The van der Waals surface area contributed by atoms with Gasteiger partial charge in [-0.15, -0.1) is 0 Å². The number of ether oxygens (including phenoxy) is 3. The van der Waals surface area contributed by atoms with Crippen molar-refractivity contribution in [2.24, 2.45) is 0 Å². The Hall–Kier alpha value is -3.55.